The molecule has 2 heterocycles. The number of rotatable bonds is 5. The van der Waals surface area contributed by atoms with E-state index in [2.05, 4.69) is 4.98 Å². The van der Waals surface area contributed by atoms with Gasteiger partial charge >= 0.3 is 5.69 Å². The first-order valence-electron chi connectivity index (χ1n) is 7.15. The summed E-state index contributed by atoms with van der Waals surface area (Å²) in [5, 5.41) is 0.0995. The molecule has 1 aromatic carbocycles. The van der Waals surface area contributed by atoms with Crippen molar-refractivity contribution in [3.8, 4) is 0 Å². The topological polar surface area (TPSA) is 120 Å². The summed E-state index contributed by atoms with van der Waals surface area (Å²) in [4.78, 5) is 27.5. The minimum atomic E-state index is -4.17. The summed E-state index contributed by atoms with van der Waals surface area (Å²) in [5.74, 6) is 0.119. The van der Waals surface area contributed by atoms with Crippen LogP contribution in [0.1, 0.15) is 6.23 Å². The van der Waals surface area contributed by atoms with Crippen molar-refractivity contribution in [2.75, 3.05) is 12.3 Å². The number of aromatic nitrogens is 2. The highest BCUT2D eigenvalue weighted by atomic mass is 31.2. The van der Waals surface area contributed by atoms with E-state index in [4.69, 9.17) is 15.0 Å². The van der Waals surface area contributed by atoms with Crippen LogP contribution in [-0.2, 0) is 13.8 Å². The Hall–Kier alpha value is -2.25. The van der Waals surface area contributed by atoms with Gasteiger partial charge in [-0.3, -0.25) is 4.57 Å². The third-order valence-corrected chi connectivity index (χ3v) is 4.83. The third-order valence-electron chi connectivity index (χ3n) is 3.41. The van der Waals surface area contributed by atoms with E-state index in [9.17, 15) is 14.3 Å². The van der Waals surface area contributed by atoms with Crippen LogP contribution in [0.15, 0.2) is 59.5 Å². The van der Waals surface area contributed by atoms with Crippen molar-refractivity contribution < 1.29 is 18.7 Å². The first-order valence-corrected chi connectivity index (χ1v) is 8.70. The molecular formula is C15H15N3O5P-. The van der Waals surface area contributed by atoms with Crippen molar-refractivity contribution in [3.05, 3.63) is 65.2 Å². The van der Waals surface area contributed by atoms with Crippen LogP contribution >= 0.6 is 7.60 Å². The van der Waals surface area contributed by atoms with Crippen LogP contribution < -0.4 is 21.6 Å². The van der Waals surface area contributed by atoms with Gasteiger partial charge in [-0.25, -0.2) is 4.79 Å². The van der Waals surface area contributed by atoms with E-state index in [0.29, 0.717) is 0 Å². The number of benzene rings is 1. The van der Waals surface area contributed by atoms with Gasteiger partial charge in [0.2, 0.25) is 0 Å². The maximum Gasteiger partial charge on any atom is 0.351 e. The summed E-state index contributed by atoms with van der Waals surface area (Å²) >= 11 is 0. The Morgan fingerprint density at radius 1 is 1.29 bits per heavy atom. The Morgan fingerprint density at radius 2 is 2.04 bits per heavy atom. The molecule has 3 rings (SSSR count). The van der Waals surface area contributed by atoms with Gasteiger partial charge in [0.1, 0.15) is 11.9 Å². The molecule has 1 aliphatic heterocycles. The molecule has 9 heteroatoms. The second-order valence-electron chi connectivity index (χ2n) is 5.12. The zero-order valence-electron chi connectivity index (χ0n) is 12.5. The van der Waals surface area contributed by atoms with Gasteiger partial charge in [0.25, 0.3) is 0 Å². The Balaban J connectivity index is 1.62. The quantitative estimate of drug-likeness (QED) is 0.604. The van der Waals surface area contributed by atoms with E-state index in [1.165, 1.54) is 29.0 Å². The van der Waals surface area contributed by atoms with E-state index >= 15 is 0 Å². The summed E-state index contributed by atoms with van der Waals surface area (Å²) in [7, 11) is -4.17. The minimum absolute atomic E-state index is 0.0995. The molecule has 8 nitrogen and oxygen atoms in total. The lowest BCUT2D eigenvalue weighted by Crippen LogP contribution is -2.28. The number of nitrogens with zero attached hydrogens (tertiary/aromatic N) is 2. The lowest BCUT2D eigenvalue weighted by molar-refractivity contribution is -0.196. The lowest BCUT2D eigenvalue weighted by atomic mass is 10.4. The SMILES string of the molecule is Nc1ccn([C@H]2C=C[C@@H](COP(=O)([O-])c3ccccc3)O2)c(=O)n1. The number of anilines is 1. The van der Waals surface area contributed by atoms with Gasteiger partial charge in [-0.2, -0.15) is 4.98 Å². The molecule has 0 saturated heterocycles. The highest BCUT2D eigenvalue weighted by molar-refractivity contribution is 7.59. The number of nitrogens with two attached hydrogens (primary N) is 1. The van der Waals surface area contributed by atoms with Crippen molar-refractivity contribution in [2.24, 2.45) is 0 Å². The molecule has 2 aromatic rings. The van der Waals surface area contributed by atoms with Gasteiger partial charge in [-0.05, 0) is 12.1 Å². The second kappa shape index (κ2) is 6.70. The molecule has 0 bridgehead atoms. The van der Waals surface area contributed by atoms with Crippen molar-refractivity contribution >= 4 is 18.7 Å². The number of nitrogen functional groups attached to an aromatic ring is 1. The van der Waals surface area contributed by atoms with Gasteiger partial charge in [-0.1, -0.05) is 36.4 Å². The third kappa shape index (κ3) is 3.63. The smallest absolute Gasteiger partial charge is 0.351 e. The zero-order valence-corrected chi connectivity index (χ0v) is 13.4. The lowest BCUT2D eigenvalue weighted by Gasteiger charge is -2.25. The molecule has 0 amide bonds. The summed E-state index contributed by atoms with van der Waals surface area (Å²) in [6, 6.07) is 9.35. The molecule has 0 spiro atoms. The van der Waals surface area contributed by atoms with E-state index < -0.39 is 25.6 Å². The van der Waals surface area contributed by atoms with E-state index in [1.54, 1.807) is 30.4 Å². The van der Waals surface area contributed by atoms with Crippen molar-refractivity contribution in [1.29, 1.82) is 0 Å². The predicted molar refractivity (Wildman–Crippen MR) is 85.6 cm³/mol. The molecule has 0 aliphatic carbocycles. The van der Waals surface area contributed by atoms with E-state index in [-0.39, 0.29) is 17.7 Å². The molecule has 1 aromatic heterocycles. The monoisotopic (exact) mass is 348 g/mol. The molecular weight excluding hydrogens is 333 g/mol. The average Bonchev–Trinajstić information content (AvgIpc) is 3.03. The molecule has 24 heavy (non-hydrogen) atoms. The van der Waals surface area contributed by atoms with Crippen LogP contribution in [0.2, 0.25) is 0 Å². The highest BCUT2D eigenvalue weighted by Gasteiger charge is 2.23. The summed E-state index contributed by atoms with van der Waals surface area (Å²) in [6.45, 7) is -0.181. The molecule has 1 aliphatic rings. The molecule has 2 N–H and O–H groups in total. The summed E-state index contributed by atoms with van der Waals surface area (Å²) < 4.78 is 23.9. The Kier molecular flexibility index (Phi) is 4.64. The normalized spacial score (nSPS) is 22.4. The van der Waals surface area contributed by atoms with E-state index in [0.717, 1.165) is 0 Å². The Bertz CT molecular complexity index is 852. The number of hydrogen-bond donors (Lipinski definition) is 1. The highest BCUT2D eigenvalue weighted by Crippen LogP contribution is 2.36. The molecule has 0 saturated carbocycles. The second-order valence-corrected chi connectivity index (χ2v) is 6.89. The van der Waals surface area contributed by atoms with Gasteiger partial charge in [0.05, 0.1) is 6.61 Å². The fourth-order valence-electron chi connectivity index (χ4n) is 2.22. The summed E-state index contributed by atoms with van der Waals surface area (Å²) in [6.07, 6.45) is 3.46. The largest absolute Gasteiger partial charge is 0.775 e. The van der Waals surface area contributed by atoms with Crippen LogP contribution in [0.25, 0.3) is 0 Å². The fourth-order valence-corrected chi connectivity index (χ4v) is 3.25. The van der Waals surface area contributed by atoms with Gasteiger partial charge < -0.3 is 24.5 Å². The molecule has 126 valence electrons. The van der Waals surface area contributed by atoms with Gasteiger partial charge in [0, 0.05) is 11.5 Å². The molecule has 0 radical (unpaired) electrons. The first kappa shape index (κ1) is 16.6. The van der Waals surface area contributed by atoms with Crippen molar-refractivity contribution in [2.45, 2.75) is 12.3 Å². The Labute approximate surface area is 137 Å². The minimum Gasteiger partial charge on any atom is -0.775 e. The maximum atomic E-state index is 12.1. The number of ether oxygens (including phenoxy) is 1. The molecule has 1 unspecified atom stereocenters. The zero-order chi connectivity index (χ0) is 17.2. The predicted octanol–water partition coefficient (Wildman–Crippen LogP) is 0.175. The van der Waals surface area contributed by atoms with E-state index in [1.807, 2.05) is 0 Å². The van der Waals surface area contributed by atoms with Crippen LogP contribution in [0.5, 0.6) is 0 Å². The number of hydrogen-bond acceptors (Lipinski definition) is 7. The van der Waals surface area contributed by atoms with Gasteiger partial charge in [0.15, 0.2) is 13.8 Å². The van der Waals surface area contributed by atoms with Crippen LogP contribution in [0, 0.1) is 0 Å². The fraction of sp³-hybridized carbons (Fsp3) is 0.200. The van der Waals surface area contributed by atoms with Crippen LogP contribution in [-0.4, -0.2) is 22.3 Å². The van der Waals surface area contributed by atoms with Crippen LogP contribution in [0.4, 0.5) is 5.82 Å². The van der Waals surface area contributed by atoms with Crippen molar-refractivity contribution in [3.63, 3.8) is 0 Å². The molecule has 0 fully saturated rings. The van der Waals surface area contributed by atoms with Crippen LogP contribution in [0.3, 0.4) is 0 Å². The standard InChI is InChI=1S/C15H16N3O5P/c16-13-8-9-18(15(19)17-13)14-7-6-11(23-14)10-22-24(20,21)12-4-2-1-3-5-12/h1-9,11,14H,10H2,(H,20,21)(H2,16,17,19)/p-1/t11-,14+/m0/s1. The summed E-state index contributed by atoms with van der Waals surface area (Å²) in [5.41, 5.74) is 4.88. The van der Waals surface area contributed by atoms with Crippen molar-refractivity contribution in [1.82, 2.24) is 9.55 Å². The molecule has 3 atom stereocenters. The van der Waals surface area contributed by atoms with Gasteiger partial charge in [-0.15, -0.1) is 0 Å². The first-order chi connectivity index (χ1) is 11.5. The average molecular weight is 348 g/mol. The Morgan fingerprint density at radius 3 is 2.75 bits per heavy atom. The maximum absolute atomic E-state index is 12.1.